The number of nitrogens with zero attached hydrogens (tertiary/aromatic N) is 3. The van der Waals surface area contributed by atoms with Crippen LogP contribution in [0.15, 0.2) is 66.8 Å². The van der Waals surface area contributed by atoms with Crippen molar-refractivity contribution in [3.05, 3.63) is 83.4 Å². The minimum atomic E-state index is -0.758. The summed E-state index contributed by atoms with van der Waals surface area (Å²) in [6.07, 6.45) is 6.58. The third-order valence-corrected chi connectivity index (χ3v) is 6.29. The van der Waals surface area contributed by atoms with Crippen LogP contribution in [0.5, 0.6) is 11.5 Å². The number of Topliss-reactive ketones (excluding diaryl/α,β-unsaturated/α-hetero) is 1. The maximum Gasteiger partial charge on any atom is 0.295 e. The Hall–Kier alpha value is -4.07. The Morgan fingerprint density at radius 2 is 1.94 bits per heavy atom. The van der Waals surface area contributed by atoms with Gasteiger partial charge in [-0.25, -0.2) is 4.98 Å². The molecule has 2 aliphatic heterocycles. The minimum absolute atomic E-state index is 0.0465. The summed E-state index contributed by atoms with van der Waals surface area (Å²) in [4.78, 5) is 31.7. The molecule has 1 aromatic heterocycles. The van der Waals surface area contributed by atoms with Gasteiger partial charge in [-0.2, -0.15) is 0 Å². The van der Waals surface area contributed by atoms with Gasteiger partial charge in [0.15, 0.2) is 0 Å². The number of rotatable bonds is 6. The highest BCUT2D eigenvalue weighted by Crippen LogP contribution is 2.41. The third kappa shape index (κ3) is 3.91. The van der Waals surface area contributed by atoms with Gasteiger partial charge >= 0.3 is 0 Å². The number of hydrogen-bond acceptors (Lipinski definition) is 6. The predicted molar refractivity (Wildman–Crippen MR) is 124 cm³/mol. The van der Waals surface area contributed by atoms with E-state index in [2.05, 4.69) is 4.98 Å². The maximum absolute atomic E-state index is 13.2. The van der Waals surface area contributed by atoms with Crippen LogP contribution in [0, 0.1) is 0 Å². The largest absolute Gasteiger partial charge is 0.508 e. The molecular weight excluding hydrogens is 434 g/mol. The lowest BCUT2D eigenvalue weighted by atomic mass is 9.94. The molecule has 2 atom stereocenters. The van der Waals surface area contributed by atoms with E-state index in [1.165, 1.54) is 17.0 Å². The van der Waals surface area contributed by atoms with Crippen LogP contribution < -0.4 is 4.74 Å². The van der Waals surface area contributed by atoms with Gasteiger partial charge in [0.2, 0.25) is 0 Å². The van der Waals surface area contributed by atoms with E-state index >= 15 is 0 Å². The van der Waals surface area contributed by atoms with Gasteiger partial charge in [-0.1, -0.05) is 12.1 Å². The van der Waals surface area contributed by atoms with E-state index in [0.717, 1.165) is 11.3 Å². The van der Waals surface area contributed by atoms with Gasteiger partial charge in [0, 0.05) is 37.5 Å². The molecule has 5 rings (SSSR count). The Kier molecular flexibility index (Phi) is 5.57. The number of phenolic OH excluding ortho intramolecular Hbond substituents is 1. The van der Waals surface area contributed by atoms with Crippen LogP contribution in [0.2, 0.25) is 0 Å². The number of aromatic nitrogens is 2. The second kappa shape index (κ2) is 8.70. The summed E-state index contributed by atoms with van der Waals surface area (Å²) < 4.78 is 7.64. The fraction of sp³-hybridized carbons (Fsp3) is 0.269. The molecule has 2 unspecified atom stereocenters. The topological polar surface area (TPSA) is 105 Å². The number of aromatic hydroxyl groups is 1. The first-order valence-corrected chi connectivity index (χ1v) is 11.3. The van der Waals surface area contributed by atoms with Crippen molar-refractivity contribution in [1.29, 1.82) is 0 Å². The Morgan fingerprint density at radius 3 is 2.68 bits per heavy atom. The number of hydrogen-bond donors (Lipinski definition) is 2. The first-order chi connectivity index (χ1) is 16.4. The first-order valence-electron chi connectivity index (χ1n) is 11.3. The number of aryl methyl sites for hydroxylation is 1. The molecule has 0 bridgehead atoms. The molecule has 2 N–H and O–H groups in total. The summed E-state index contributed by atoms with van der Waals surface area (Å²) in [5.41, 5.74) is 2.11. The fourth-order valence-corrected chi connectivity index (χ4v) is 4.68. The van der Waals surface area contributed by atoms with Crippen molar-refractivity contribution in [2.75, 3.05) is 6.54 Å². The molecule has 8 nitrogen and oxygen atoms in total. The zero-order valence-corrected chi connectivity index (χ0v) is 18.7. The van der Waals surface area contributed by atoms with E-state index in [1.807, 2.05) is 23.8 Å². The number of aliphatic hydroxyl groups is 1. The van der Waals surface area contributed by atoms with Crippen LogP contribution >= 0.6 is 0 Å². The van der Waals surface area contributed by atoms with Crippen LogP contribution in [0.3, 0.4) is 0 Å². The molecule has 1 amide bonds. The van der Waals surface area contributed by atoms with Crippen molar-refractivity contribution in [3.8, 4) is 11.5 Å². The van der Waals surface area contributed by atoms with Crippen molar-refractivity contribution >= 4 is 17.4 Å². The van der Waals surface area contributed by atoms with E-state index in [1.54, 1.807) is 36.8 Å². The number of imidazole rings is 1. The number of carbonyl (C=O) groups excluding carboxylic acids is 2. The summed E-state index contributed by atoms with van der Waals surface area (Å²) in [6.45, 7) is 2.93. The Bertz CT molecular complexity index is 1260. The van der Waals surface area contributed by atoms with E-state index < -0.39 is 17.7 Å². The van der Waals surface area contributed by atoms with Gasteiger partial charge in [0.25, 0.3) is 11.7 Å². The lowest BCUT2D eigenvalue weighted by molar-refractivity contribution is -0.139. The molecule has 2 aliphatic rings. The Morgan fingerprint density at radius 1 is 1.15 bits per heavy atom. The highest BCUT2D eigenvalue weighted by atomic mass is 16.5. The van der Waals surface area contributed by atoms with Gasteiger partial charge in [-0.05, 0) is 54.8 Å². The molecule has 34 heavy (non-hydrogen) atoms. The van der Waals surface area contributed by atoms with Crippen molar-refractivity contribution < 1.29 is 24.5 Å². The van der Waals surface area contributed by atoms with E-state index in [9.17, 15) is 19.8 Å². The average molecular weight is 460 g/mol. The number of ketones is 1. The Balaban J connectivity index is 1.52. The minimum Gasteiger partial charge on any atom is -0.508 e. The van der Waals surface area contributed by atoms with Crippen molar-refractivity contribution in [1.82, 2.24) is 14.5 Å². The zero-order valence-electron chi connectivity index (χ0n) is 18.7. The zero-order chi connectivity index (χ0) is 23.8. The van der Waals surface area contributed by atoms with Crippen molar-refractivity contribution in [3.63, 3.8) is 0 Å². The third-order valence-electron chi connectivity index (χ3n) is 6.29. The lowest BCUT2D eigenvalue weighted by Crippen LogP contribution is -2.31. The van der Waals surface area contributed by atoms with Crippen LogP contribution in [-0.2, 0) is 22.6 Å². The normalized spacial score (nSPS) is 21.0. The van der Waals surface area contributed by atoms with Crippen LogP contribution in [-0.4, -0.2) is 49.0 Å². The maximum atomic E-state index is 13.2. The average Bonchev–Trinajstić information content (AvgIpc) is 3.53. The summed E-state index contributed by atoms with van der Waals surface area (Å²) in [5, 5.41) is 21.0. The number of benzene rings is 2. The van der Waals surface area contributed by atoms with Gasteiger partial charge < -0.3 is 24.4 Å². The molecule has 1 saturated heterocycles. The first kappa shape index (κ1) is 21.8. The van der Waals surface area contributed by atoms with E-state index in [0.29, 0.717) is 37.1 Å². The van der Waals surface area contributed by atoms with E-state index in [4.69, 9.17) is 4.74 Å². The molecule has 0 spiro atoms. The second-order valence-electron chi connectivity index (χ2n) is 8.69. The fourth-order valence-electron chi connectivity index (χ4n) is 4.68. The number of likely N-dealkylation sites (tertiary alicyclic amines) is 1. The van der Waals surface area contributed by atoms with E-state index in [-0.39, 0.29) is 23.2 Å². The van der Waals surface area contributed by atoms with Crippen LogP contribution in [0.4, 0.5) is 0 Å². The number of carbonyl (C=O) groups is 2. The lowest BCUT2D eigenvalue weighted by Gasteiger charge is -2.25. The molecule has 1 fully saturated rings. The SMILES string of the molecule is CC1Cc2cc(C(O)=C3C(=O)C(=O)N(CCCn4ccnc4)C3c3ccc(O)cc3)ccc2O1. The molecule has 0 aliphatic carbocycles. The summed E-state index contributed by atoms with van der Waals surface area (Å²) in [6, 6.07) is 10.9. The highest BCUT2D eigenvalue weighted by molar-refractivity contribution is 6.46. The van der Waals surface area contributed by atoms with Crippen molar-refractivity contribution in [2.24, 2.45) is 0 Å². The molecule has 8 heteroatoms. The molecule has 3 heterocycles. The number of amides is 1. The summed E-state index contributed by atoms with van der Waals surface area (Å²) in [5.74, 6) is -0.741. The standard InChI is InChI=1S/C26H25N3O5/c1-16-13-19-14-18(5-8-21(19)34-16)24(31)22-23(17-3-6-20(30)7-4-17)29(26(33)25(22)32)11-2-10-28-12-9-27-15-28/h3-9,12,14-16,23,30-31H,2,10-11,13H2,1H3. The summed E-state index contributed by atoms with van der Waals surface area (Å²) >= 11 is 0. The summed E-state index contributed by atoms with van der Waals surface area (Å²) in [7, 11) is 0. The molecule has 0 saturated carbocycles. The Labute approximate surface area is 196 Å². The smallest absolute Gasteiger partial charge is 0.295 e. The quantitative estimate of drug-likeness (QED) is 0.333. The van der Waals surface area contributed by atoms with Gasteiger partial charge in [-0.3, -0.25) is 9.59 Å². The molecular formula is C26H25N3O5. The second-order valence-corrected chi connectivity index (χ2v) is 8.69. The van der Waals surface area contributed by atoms with Gasteiger partial charge in [-0.15, -0.1) is 0 Å². The highest BCUT2D eigenvalue weighted by Gasteiger charge is 2.45. The number of fused-ring (bicyclic) bond motifs is 1. The molecule has 3 aromatic rings. The van der Waals surface area contributed by atoms with Crippen LogP contribution in [0.25, 0.3) is 5.76 Å². The molecule has 174 valence electrons. The van der Waals surface area contributed by atoms with Crippen molar-refractivity contribution in [2.45, 2.75) is 38.5 Å². The number of aliphatic hydroxyl groups excluding tert-OH is 1. The van der Waals surface area contributed by atoms with Gasteiger partial charge in [0.1, 0.15) is 23.4 Å². The molecule has 0 radical (unpaired) electrons. The number of phenols is 1. The monoisotopic (exact) mass is 459 g/mol. The number of ether oxygens (including phenoxy) is 1. The predicted octanol–water partition coefficient (Wildman–Crippen LogP) is 3.42. The molecule has 2 aromatic carbocycles. The van der Waals surface area contributed by atoms with Gasteiger partial charge in [0.05, 0.1) is 17.9 Å². The van der Waals surface area contributed by atoms with Crippen LogP contribution in [0.1, 0.15) is 36.1 Å².